The molecule has 1 unspecified atom stereocenters. The smallest absolute Gasteiger partial charge is 0.271 e. The lowest BCUT2D eigenvalue weighted by atomic mass is 10.2. The highest BCUT2D eigenvalue weighted by atomic mass is 16.6. The van der Waals surface area contributed by atoms with Crippen molar-refractivity contribution in [3.05, 3.63) is 64.2 Å². The number of nitrogens with one attached hydrogen (secondary N) is 3. The second-order valence-electron chi connectivity index (χ2n) is 6.45. The summed E-state index contributed by atoms with van der Waals surface area (Å²) < 4.78 is 0. The van der Waals surface area contributed by atoms with Crippen LogP contribution in [0.5, 0.6) is 0 Å². The van der Waals surface area contributed by atoms with Gasteiger partial charge in [0.2, 0.25) is 17.8 Å². The number of rotatable bonds is 5. The fraction of sp³-hybridized carbons (Fsp3) is 0.158. The lowest BCUT2D eigenvalue weighted by Gasteiger charge is -2.07. The maximum absolute atomic E-state index is 12.2. The van der Waals surface area contributed by atoms with E-state index in [0.717, 1.165) is 11.3 Å². The number of anilines is 2. The van der Waals surface area contributed by atoms with Gasteiger partial charge < -0.3 is 16.4 Å². The normalized spacial score (nSPS) is 15.9. The molecule has 30 heavy (non-hydrogen) atoms. The molecule has 2 amide bonds. The second-order valence-corrected chi connectivity index (χ2v) is 6.45. The van der Waals surface area contributed by atoms with Crippen LogP contribution in [0.2, 0.25) is 0 Å². The van der Waals surface area contributed by atoms with E-state index in [0.29, 0.717) is 0 Å². The van der Waals surface area contributed by atoms with Gasteiger partial charge in [-0.3, -0.25) is 25.0 Å². The second kappa shape index (κ2) is 8.82. The number of carbonyl (C=O) groups is 2. The number of nitrogens with two attached hydrogens (primary N) is 1. The minimum absolute atomic E-state index is 0.00765. The van der Waals surface area contributed by atoms with Crippen LogP contribution in [-0.4, -0.2) is 34.7 Å². The molecule has 0 radical (unpaired) electrons. The minimum Gasteiger partial charge on any atom is -0.369 e. The van der Waals surface area contributed by atoms with Gasteiger partial charge in [0.1, 0.15) is 6.04 Å². The zero-order chi connectivity index (χ0) is 21.7. The fourth-order valence-electron chi connectivity index (χ4n) is 2.71. The number of hydrogen-bond acceptors (Lipinski definition) is 6. The molecule has 1 aliphatic heterocycles. The van der Waals surface area contributed by atoms with Gasteiger partial charge in [-0.05, 0) is 24.6 Å². The first-order valence-corrected chi connectivity index (χ1v) is 8.91. The quantitative estimate of drug-likeness (QED) is 0.253. The van der Waals surface area contributed by atoms with Crippen LogP contribution in [0.3, 0.4) is 0 Å². The topological polar surface area (TPSA) is 164 Å². The van der Waals surface area contributed by atoms with E-state index < -0.39 is 22.8 Å². The molecular weight excluding hydrogens is 390 g/mol. The van der Waals surface area contributed by atoms with E-state index in [2.05, 4.69) is 25.9 Å². The van der Waals surface area contributed by atoms with Gasteiger partial charge >= 0.3 is 0 Å². The van der Waals surface area contributed by atoms with E-state index in [1.165, 1.54) is 24.3 Å². The van der Waals surface area contributed by atoms with Crippen molar-refractivity contribution in [3.8, 4) is 0 Å². The van der Waals surface area contributed by atoms with Gasteiger partial charge in [-0.2, -0.15) is 4.99 Å². The summed E-state index contributed by atoms with van der Waals surface area (Å²) in [6.45, 7) is 1.90. The standard InChI is InChI=1S/C19H19N7O4/c1-11-5-2-3-8-14(11)22-18(20)25-19-23-15(17(28)24-19)10-16(27)21-12-6-4-7-13(9-12)26(29)30/h2-9,15H,10H2,1H3,(H,21,27)(H4,20,22,23,24,25,28). The number of nitro benzene ring substituents is 1. The number of amides is 2. The molecule has 0 aromatic heterocycles. The number of nitrogens with zero attached hydrogens (tertiary/aromatic N) is 3. The number of benzene rings is 2. The Morgan fingerprint density at radius 3 is 2.77 bits per heavy atom. The summed E-state index contributed by atoms with van der Waals surface area (Å²) in [7, 11) is 0. The number of carbonyl (C=O) groups excluding carboxylic acids is 2. The SMILES string of the molecule is Cc1ccccc1N/C(N)=N/C1=NC(CC(=O)Nc2cccc([N+](=O)[O-])c2)C(=O)N1. The third kappa shape index (κ3) is 5.16. The number of aliphatic imine (C=N–C) groups is 2. The Kier molecular flexibility index (Phi) is 6.01. The highest BCUT2D eigenvalue weighted by molar-refractivity contribution is 6.11. The Balaban J connectivity index is 1.62. The Hall–Kier alpha value is -4.28. The summed E-state index contributed by atoms with van der Waals surface area (Å²) in [6, 6.07) is 12.0. The zero-order valence-corrected chi connectivity index (χ0v) is 16.0. The molecule has 2 aromatic carbocycles. The molecule has 5 N–H and O–H groups in total. The Morgan fingerprint density at radius 2 is 2.03 bits per heavy atom. The fourth-order valence-corrected chi connectivity index (χ4v) is 2.71. The van der Waals surface area contributed by atoms with Crippen molar-refractivity contribution >= 4 is 40.8 Å². The first-order chi connectivity index (χ1) is 14.3. The summed E-state index contributed by atoms with van der Waals surface area (Å²) in [4.78, 5) is 42.6. The van der Waals surface area contributed by atoms with Crippen molar-refractivity contribution in [1.82, 2.24) is 5.32 Å². The van der Waals surface area contributed by atoms with Crippen molar-refractivity contribution < 1.29 is 14.5 Å². The molecule has 1 atom stereocenters. The van der Waals surface area contributed by atoms with E-state index >= 15 is 0 Å². The molecule has 0 aliphatic carbocycles. The molecule has 154 valence electrons. The van der Waals surface area contributed by atoms with Gasteiger partial charge in [0.05, 0.1) is 11.3 Å². The van der Waals surface area contributed by atoms with Crippen LogP contribution in [0.1, 0.15) is 12.0 Å². The van der Waals surface area contributed by atoms with Crippen LogP contribution in [0.4, 0.5) is 17.1 Å². The third-order valence-corrected chi connectivity index (χ3v) is 4.17. The molecule has 0 fully saturated rings. The number of aryl methyl sites for hydroxylation is 1. The number of guanidine groups is 2. The van der Waals surface area contributed by atoms with E-state index in [-0.39, 0.29) is 29.7 Å². The zero-order valence-electron chi connectivity index (χ0n) is 16.0. The highest BCUT2D eigenvalue weighted by Gasteiger charge is 2.28. The maximum atomic E-state index is 12.2. The van der Waals surface area contributed by atoms with Crippen molar-refractivity contribution in [2.24, 2.45) is 15.7 Å². The summed E-state index contributed by atoms with van der Waals surface area (Å²) >= 11 is 0. The molecular formula is C19H19N7O4. The highest BCUT2D eigenvalue weighted by Crippen LogP contribution is 2.18. The molecule has 2 aromatic rings. The molecule has 0 saturated carbocycles. The van der Waals surface area contributed by atoms with Crippen molar-refractivity contribution in [3.63, 3.8) is 0 Å². The van der Waals surface area contributed by atoms with Crippen LogP contribution in [0.15, 0.2) is 58.5 Å². The molecule has 0 spiro atoms. The number of para-hydroxylation sites is 1. The van der Waals surface area contributed by atoms with Crippen LogP contribution >= 0.6 is 0 Å². The van der Waals surface area contributed by atoms with E-state index in [9.17, 15) is 19.7 Å². The lowest BCUT2D eigenvalue weighted by molar-refractivity contribution is -0.384. The van der Waals surface area contributed by atoms with E-state index in [1.54, 1.807) is 0 Å². The van der Waals surface area contributed by atoms with E-state index in [1.807, 2.05) is 31.2 Å². The molecule has 0 saturated heterocycles. The average molecular weight is 409 g/mol. The van der Waals surface area contributed by atoms with Gasteiger partial charge in [-0.15, -0.1) is 0 Å². The molecule has 11 nitrogen and oxygen atoms in total. The summed E-state index contributed by atoms with van der Waals surface area (Å²) in [5, 5.41) is 18.7. The Labute approximate surface area is 171 Å². The number of hydrogen-bond donors (Lipinski definition) is 4. The monoisotopic (exact) mass is 409 g/mol. The third-order valence-electron chi connectivity index (χ3n) is 4.17. The molecule has 1 heterocycles. The van der Waals surface area contributed by atoms with Gasteiger partial charge in [-0.1, -0.05) is 24.3 Å². The van der Waals surface area contributed by atoms with Gasteiger partial charge in [0, 0.05) is 23.5 Å². The van der Waals surface area contributed by atoms with Crippen LogP contribution in [0.25, 0.3) is 0 Å². The van der Waals surface area contributed by atoms with Crippen LogP contribution in [-0.2, 0) is 9.59 Å². The number of nitro groups is 1. The average Bonchev–Trinajstić information content (AvgIpc) is 3.02. The van der Waals surface area contributed by atoms with Crippen molar-refractivity contribution in [2.45, 2.75) is 19.4 Å². The summed E-state index contributed by atoms with van der Waals surface area (Å²) in [5.74, 6) is -0.987. The molecule has 11 heteroatoms. The van der Waals surface area contributed by atoms with E-state index in [4.69, 9.17) is 5.73 Å². The Morgan fingerprint density at radius 1 is 1.27 bits per heavy atom. The van der Waals surface area contributed by atoms with Gasteiger partial charge in [-0.25, -0.2) is 4.99 Å². The number of non-ortho nitro benzene ring substituents is 1. The van der Waals surface area contributed by atoms with Gasteiger partial charge in [0.15, 0.2) is 0 Å². The van der Waals surface area contributed by atoms with Crippen LogP contribution < -0.4 is 21.7 Å². The predicted molar refractivity (Wildman–Crippen MR) is 112 cm³/mol. The predicted octanol–water partition coefficient (Wildman–Crippen LogP) is 1.51. The first kappa shape index (κ1) is 20.5. The molecule has 0 bridgehead atoms. The maximum Gasteiger partial charge on any atom is 0.271 e. The minimum atomic E-state index is -0.978. The van der Waals surface area contributed by atoms with Crippen molar-refractivity contribution in [2.75, 3.05) is 10.6 Å². The lowest BCUT2D eigenvalue weighted by Crippen LogP contribution is -2.32. The largest absolute Gasteiger partial charge is 0.369 e. The summed E-state index contributed by atoms with van der Waals surface area (Å²) in [6.07, 6.45) is -0.251. The first-order valence-electron chi connectivity index (χ1n) is 8.91. The molecule has 3 rings (SSSR count). The van der Waals surface area contributed by atoms with Crippen LogP contribution in [0, 0.1) is 17.0 Å². The Bertz CT molecular complexity index is 1060. The van der Waals surface area contributed by atoms with Gasteiger partial charge in [0.25, 0.3) is 11.6 Å². The van der Waals surface area contributed by atoms with Crippen molar-refractivity contribution in [1.29, 1.82) is 0 Å². The molecule has 1 aliphatic rings. The summed E-state index contributed by atoms with van der Waals surface area (Å²) in [5.41, 5.74) is 7.68.